The second-order valence-electron chi connectivity index (χ2n) is 5.39. The average Bonchev–Trinajstić information content (AvgIpc) is 2.58. The molecule has 1 aliphatic rings. The van der Waals surface area contributed by atoms with Gasteiger partial charge < -0.3 is 5.73 Å². The third-order valence-electron chi connectivity index (χ3n) is 3.89. The number of benzene rings is 2. The van der Waals surface area contributed by atoms with Gasteiger partial charge >= 0.3 is 0 Å². The van der Waals surface area contributed by atoms with Crippen LogP contribution in [0.2, 0.25) is 0 Å². The Bertz CT molecular complexity index is 785. The van der Waals surface area contributed by atoms with Crippen LogP contribution in [0.5, 0.6) is 0 Å². The van der Waals surface area contributed by atoms with Crippen molar-refractivity contribution >= 4 is 46.9 Å². The molecule has 1 aliphatic heterocycles. The monoisotopic (exact) mass is 379 g/mol. The maximum Gasteiger partial charge on any atom is 0.184 e. The van der Waals surface area contributed by atoms with E-state index in [1.54, 1.807) is 24.0 Å². The highest BCUT2D eigenvalue weighted by molar-refractivity contribution is 7.99. The van der Waals surface area contributed by atoms with Gasteiger partial charge in [0.25, 0.3) is 0 Å². The first-order valence-electron chi connectivity index (χ1n) is 7.27. The summed E-state index contributed by atoms with van der Waals surface area (Å²) in [5, 5.41) is 4.16. The summed E-state index contributed by atoms with van der Waals surface area (Å²) >= 11 is 13.5. The number of thiocarbonyl (C=S) groups is 1. The first-order valence-corrected chi connectivity index (χ1v) is 9.05. The summed E-state index contributed by atoms with van der Waals surface area (Å²) in [6, 6.07) is 14.4. The zero-order valence-corrected chi connectivity index (χ0v) is 15.0. The molecule has 0 aromatic heterocycles. The van der Waals surface area contributed by atoms with Crippen molar-refractivity contribution in [3.05, 3.63) is 65.5 Å². The van der Waals surface area contributed by atoms with E-state index < -0.39 is 4.87 Å². The van der Waals surface area contributed by atoms with Crippen LogP contribution in [0.4, 0.5) is 4.39 Å². The molecule has 24 heavy (non-hydrogen) atoms. The number of nitrogens with one attached hydrogen (secondary N) is 1. The molecule has 0 saturated heterocycles. The lowest BCUT2D eigenvalue weighted by Gasteiger charge is -2.39. The van der Waals surface area contributed by atoms with Crippen molar-refractivity contribution in [2.24, 2.45) is 16.8 Å². The predicted octanol–water partition coefficient (Wildman–Crippen LogP) is 3.85. The molecular weight excluding hydrogens is 365 g/mol. The Morgan fingerprint density at radius 3 is 2.83 bits per heavy atom. The van der Waals surface area contributed by atoms with E-state index in [0.29, 0.717) is 5.75 Å². The molecular formula is C17H15ClFN3S2. The third kappa shape index (κ3) is 3.27. The molecule has 0 saturated carbocycles. The van der Waals surface area contributed by atoms with Crippen LogP contribution in [0.25, 0.3) is 0 Å². The van der Waals surface area contributed by atoms with E-state index in [9.17, 15) is 4.39 Å². The highest BCUT2D eigenvalue weighted by Crippen LogP contribution is 2.51. The predicted molar refractivity (Wildman–Crippen MR) is 102 cm³/mol. The molecule has 2 aromatic carbocycles. The highest BCUT2D eigenvalue weighted by atomic mass is 35.5. The van der Waals surface area contributed by atoms with E-state index in [1.807, 2.05) is 30.3 Å². The molecule has 0 radical (unpaired) electrons. The molecule has 2 unspecified atom stereocenters. The van der Waals surface area contributed by atoms with Gasteiger partial charge in [0.15, 0.2) is 5.11 Å². The van der Waals surface area contributed by atoms with Crippen molar-refractivity contribution in [1.82, 2.24) is 5.43 Å². The minimum Gasteiger partial charge on any atom is -0.375 e. The van der Waals surface area contributed by atoms with Crippen molar-refractivity contribution in [2.45, 2.75) is 9.77 Å². The molecule has 2 atom stereocenters. The van der Waals surface area contributed by atoms with Gasteiger partial charge in [0.05, 0.1) is 0 Å². The molecule has 2 aromatic rings. The molecule has 0 fully saturated rings. The smallest absolute Gasteiger partial charge is 0.184 e. The largest absolute Gasteiger partial charge is 0.375 e. The number of nitrogens with zero attached hydrogens (tertiary/aromatic N) is 1. The number of hydrazone groups is 1. The van der Waals surface area contributed by atoms with Crippen LogP contribution in [-0.2, 0) is 4.87 Å². The first kappa shape index (κ1) is 17.2. The Balaban J connectivity index is 2.10. The van der Waals surface area contributed by atoms with Crippen molar-refractivity contribution in [3.63, 3.8) is 0 Å². The van der Waals surface area contributed by atoms with Crippen LogP contribution in [0.1, 0.15) is 11.1 Å². The van der Waals surface area contributed by atoms with Crippen LogP contribution in [-0.4, -0.2) is 17.1 Å². The maximum absolute atomic E-state index is 13.9. The molecule has 1 heterocycles. The van der Waals surface area contributed by atoms with Gasteiger partial charge in [-0.15, -0.1) is 23.4 Å². The molecule has 0 spiro atoms. The minimum atomic E-state index is -0.911. The number of thioether (sulfide) groups is 1. The SMILES string of the molecule is NC(=S)NN=CC1CSc2ccc(F)cc2C1(Cl)c1ccccc1. The lowest BCUT2D eigenvalue weighted by molar-refractivity contribution is 0.569. The standard InChI is InChI=1S/C17H15ClFN3S2/c18-17(11-4-2-1-3-5-11)12(9-21-22-16(20)23)10-24-15-7-6-13(19)8-14(15)17/h1-9,12H,10H2,(H3,20,22,23). The third-order valence-corrected chi connectivity index (χ3v) is 5.87. The Morgan fingerprint density at radius 1 is 1.38 bits per heavy atom. The summed E-state index contributed by atoms with van der Waals surface area (Å²) in [6.45, 7) is 0. The van der Waals surface area contributed by atoms with E-state index in [4.69, 9.17) is 29.6 Å². The van der Waals surface area contributed by atoms with E-state index >= 15 is 0 Å². The lowest BCUT2D eigenvalue weighted by Crippen LogP contribution is -2.37. The van der Waals surface area contributed by atoms with Gasteiger partial charge in [0.2, 0.25) is 0 Å². The second kappa shape index (κ2) is 7.09. The fourth-order valence-corrected chi connectivity index (χ4v) is 4.64. The number of hydrogen-bond donors (Lipinski definition) is 2. The Labute approximate surface area is 154 Å². The number of hydrogen-bond acceptors (Lipinski definition) is 3. The van der Waals surface area contributed by atoms with Gasteiger partial charge in [-0.05, 0) is 41.5 Å². The normalized spacial score (nSPS) is 23.0. The number of fused-ring (bicyclic) bond motifs is 1. The number of alkyl halides is 1. The highest BCUT2D eigenvalue weighted by Gasteiger charge is 2.44. The average molecular weight is 380 g/mol. The fraction of sp³-hybridized carbons (Fsp3) is 0.176. The van der Waals surface area contributed by atoms with Crippen molar-refractivity contribution in [1.29, 1.82) is 0 Å². The summed E-state index contributed by atoms with van der Waals surface area (Å²) in [4.78, 5) is 0.0629. The Morgan fingerprint density at radius 2 is 2.12 bits per heavy atom. The van der Waals surface area contributed by atoms with Gasteiger partial charge in [-0.3, -0.25) is 5.43 Å². The number of rotatable bonds is 3. The molecule has 3 N–H and O–H groups in total. The van der Waals surface area contributed by atoms with Gasteiger partial charge in [-0.1, -0.05) is 30.3 Å². The molecule has 124 valence electrons. The lowest BCUT2D eigenvalue weighted by atomic mass is 9.80. The van der Waals surface area contributed by atoms with Gasteiger partial charge in [-0.2, -0.15) is 5.10 Å². The van der Waals surface area contributed by atoms with Crippen LogP contribution >= 0.6 is 35.6 Å². The fourth-order valence-electron chi connectivity index (χ4n) is 2.79. The Kier molecular flexibility index (Phi) is 5.08. The quantitative estimate of drug-likeness (QED) is 0.368. The van der Waals surface area contributed by atoms with Crippen molar-refractivity contribution in [3.8, 4) is 0 Å². The topological polar surface area (TPSA) is 50.4 Å². The zero-order chi connectivity index (χ0) is 17.2. The molecule has 0 aliphatic carbocycles. The van der Waals surface area contributed by atoms with Crippen molar-refractivity contribution < 1.29 is 4.39 Å². The maximum atomic E-state index is 13.9. The van der Waals surface area contributed by atoms with Gasteiger partial charge in [0.1, 0.15) is 10.7 Å². The molecule has 3 nitrogen and oxygen atoms in total. The van der Waals surface area contributed by atoms with Gasteiger partial charge in [0, 0.05) is 22.8 Å². The molecule has 7 heteroatoms. The van der Waals surface area contributed by atoms with Gasteiger partial charge in [-0.25, -0.2) is 4.39 Å². The summed E-state index contributed by atoms with van der Waals surface area (Å²) in [5.41, 5.74) is 9.60. The summed E-state index contributed by atoms with van der Waals surface area (Å²) in [7, 11) is 0. The summed E-state index contributed by atoms with van der Waals surface area (Å²) in [5.74, 6) is 0.233. The molecule has 0 bridgehead atoms. The number of halogens is 2. The molecule has 0 amide bonds. The second-order valence-corrected chi connectivity index (χ2v) is 7.49. The first-order chi connectivity index (χ1) is 11.5. The van der Waals surface area contributed by atoms with Crippen molar-refractivity contribution in [2.75, 3.05) is 5.75 Å². The van der Waals surface area contributed by atoms with Crippen LogP contribution in [0.15, 0.2) is 58.5 Å². The number of nitrogens with two attached hydrogens (primary N) is 1. The van der Waals surface area contributed by atoms with E-state index in [0.717, 1.165) is 16.0 Å². The van der Waals surface area contributed by atoms with Crippen LogP contribution in [0, 0.1) is 11.7 Å². The van der Waals surface area contributed by atoms with Crippen LogP contribution in [0.3, 0.4) is 0 Å². The summed E-state index contributed by atoms with van der Waals surface area (Å²) < 4.78 is 13.9. The minimum absolute atomic E-state index is 0.0843. The van der Waals surface area contributed by atoms with E-state index in [1.165, 1.54) is 12.1 Å². The summed E-state index contributed by atoms with van der Waals surface area (Å²) in [6.07, 6.45) is 1.69. The van der Waals surface area contributed by atoms with E-state index in [2.05, 4.69) is 10.5 Å². The zero-order valence-electron chi connectivity index (χ0n) is 12.6. The van der Waals surface area contributed by atoms with Crippen LogP contribution < -0.4 is 11.2 Å². The Hall–Kier alpha value is -1.63. The van der Waals surface area contributed by atoms with E-state index in [-0.39, 0.29) is 16.8 Å². The molecule has 3 rings (SSSR count).